The molecular weight excluding hydrogens is 353 g/mol. The number of rotatable bonds is 5. The average molecular weight is 368 g/mol. The van der Waals surface area contributed by atoms with Gasteiger partial charge in [-0.1, -0.05) is 34.1 Å². The van der Waals surface area contributed by atoms with E-state index in [4.69, 9.17) is 0 Å². The molecule has 0 saturated carbocycles. The van der Waals surface area contributed by atoms with Gasteiger partial charge in [0.15, 0.2) is 0 Å². The molecule has 0 aliphatic rings. The van der Waals surface area contributed by atoms with Gasteiger partial charge in [0.05, 0.1) is 5.75 Å². The predicted octanol–water partition coefficient (Wildman–Crippen LogP) is 4.31. The summed E-state index contributed by atoms with van der Waals surface area (Å²) in [5.41, 5.74) is 1.62. The fourth-order valence-electron chi connectivity index (χ4n) is 1.79. The summed E-state index contributed by atoms with van der Waals surface area (Å²) in [7, 11) is 0. The van der Waals surface area contributed by atoms with E-state index in [0.717, 1.165) is 14.9 Å². The van der Waals surface area contributed by atoms with Crippen LogP contribution < -0.4 is 5.32 Å². The van der Waals surface area contributed by atoms with Gasteiger partial charge in [-0.3, -0.25) is 4.79 Å². The van der Waals surface area contributed by atoms with Gasteiger partial charge in [0, 0.05) is 21.5 Å². The lowest BCUT2D eigenvalue weighted by molar-refractivity contribution is -0.118. The van der Waals surface area contributed by atoms with Crippen molar-refractivity contribution >= 4 is 33.6 Å². The van der Waals surface area contributed by atoms with E-state index in [9.17, 15) is 9.18 Å². The lowest BCUT2D eigenvalue weighted by atomic mass is 10.2. The molecule has 110 valence electrons. The maximum Gasteiger partial charge on any atom is 0.230 e. The number of halogens is 2. The van der Waals surface area contributed by atoms with Crippen LogP contribution in [0.15, 0.2) is 51.8 Å². The van der Waals surface area contributed by atoms with Crippen LogP contribution in [0.3, 0.4) is 0 Å². The first kappa shape index (κ1) is 16.0. The third kappa shape index (κ3) is 4.86. The summed E-state index contributed by atoms with van der Waals surface area (Å²) in [4.78, 5) is 12.9. The minimum absolute atomic E-state index is 0.109. The second-order valence-electron chi connectivity index (χ2n) is 4.57. The Bertz CT molecular complexity index is 648. The number of hydrogen-bond acceptors (Lipinski definition) is 2. The van der Waals surface area contributed by atoms with Crippen molar-refractivity contribution in [3.63, 3.8) is 0 Å². The van der Waals surface area contributed by atoms with Crippen LogP contribution in [0.4, 0.5) is 4.39 Å². The smallest absolute Gasteiger partial charge is 0.230 e. The molecule has 0 saturated heterocycles. The van der Waals surface area contributed by atoms with Crippen molar-refractivity contribution < 1.29 is 9.18 Å². The maximum atomic E-state index is 13.5. The van der Waals surface area contributed by atoms with E-state index < -0.39 is 0 Å². The van der Waals surface area contributed by atoms with E-state index in [1.165, 1.54) is 17.8 Å². The van der Waals surface area contributed by atoms with Gasteiger partial charge in [-0.15, -0.1) is 11.8 Å². The third-order valence-electron chi connectivity index (χ3n) is 2.94. The quantitative estimate of drug-likeness (QED) is 0.797. The normalized spacial score (nSPS) is 10.4. The van der Waals surface area contributed by atoms with Crippen molar-refractivity contribution in [1.29, 1.82) is 0 Å². The Hall–Kier alpha value is -1.33. The van der Waals surface area contributed by atoms with Gasteiger partial charge in [-0.05, 0) is 36.8 Å². The fraction of sp³-hybridized carbons (Fsp3) is 0.188. The molecule has 1 N–H and O–H groups in total. The number of carbonyl (C=O) groups is 1. The van der Waals surface area contributed by atoms with Crippen molar-refractivity contribution in [2.24, 2.45) is 0 Å². The summed E-state index contributed by atoms with van der Waals surface area (Å²) in [6.07, 6.45) is 0. The SMILES string of the molecule is Cc1ccccc1SCC(=O)NCc1cc(Br)ccc1F. The molecule has 0 atom stereocenters. The molecule has 5 heteroatoms. The van der Waals surface area contributed by atoms with Crippen LogP contribution in [-0.2, 0) is 11.3 Å². The molecule has 0 fully saturated rings. The highest BCUT2D eigenvalue weighted by atomic mass is 79.9. The van der Waals surface area contributed by atoms with Gasteiger partial charge in [0.1, 0.15) is 5.82 Å². The molecular formula is C16H15BrFNOS. The number of amides is 1. The van der Waals surface area contributed by atoms with Crippen LogP contribution in [0.1, 0.15) is 11.1 Å². The number of carbonyl (C=O) groups excluding carboxylic acids is 1. The number of nitrogens with one attached hydrogen (secondary N) is 1. The number of aryl methyl sites for hydroxylation is 1. The second-order valence-corrected chi connectivity index (χ2v) is 6.50. The maximum absolute atomic E-state index is 13.5. The molecule has 0 aliphatic heterocycles. The summed E-state index contributed by atoms with van der Waals surface area (Å²) < 4.78 is 14.3. The van der Waals surface area contributed by atoms with Gasteiger partial charge in [0.2, 0.25) is 5.91 Å². The minimum Gasteiger partial charge on any atom is -0.351 e. The van der Waals surface area contributed by atoms with Crippen LogP contribution >= 0.6 is 27.7 Å². The molecule has 2 rings (SSSR count). The zero-order valence-corrected chi connectivity index (χ0v) is 13.9. The highest BCUT2D eigenvalue weighted by Gasteiger charge is 2.07. The molecule has 2 aromatic rings. The molecule has 0 spiro atoms. The molecule has 0 radical (unpaired) electrons. The third-order valence-corrected chi connectivity index (χ3v) is 4.60. The fourth-order valence-corrected chi connectivity index (χ4v) is 3.05. The summed E-state index contributed by atoms with van der Waals surface area (Å²) in [5, 5.41) is 2.74. The molecule has 0 aliphatic carbocycles. The Morgan fingerprint density at radius 3 is 2.81 bits per heavy atom. The van der Waals surface area contributed by atoms with E-state index in [2.05, 4.69) is 21.2 Å². The zero-order chi connectivity index (χ0) is 15.2. The first-order valence-electron chi connectivity index (χ1n) is 6.45. The number of benzene rings is 2. The molecule has 0 unspecified atom stereocenters. The summed E-state index contributed by atoms with van der Waals surface area (Å²) in [6, 6.07) is 12.6. The second kappa shape index (κ2) is 7.61. The molecule has 2 nitrogen and oxygen atoms in total. The topological polar surface area (TPSA) is 29.1 Å². The monoisotopic (exact) mass is 367 g/mol. The van der Waals surface area contributed by atoms with Crippen molar-refractivity contribution in [3.8, 4) is 0 Å². The van der Waals surface area contributed by atoms with Crippen molar-refractivity contribution in [3.05, 3.63) is 63.9 Å². The Morgan fingerprint density at radius 2 is 2.05 bits per heavy atom. The van der Waals surface area contributed by atoms with Crippen LogP contribution in [0.2, 0.25) is 0 Å². The Labute approximate surface area is 136 Å². The highest BCUT2D eigenvalue weighted by molar-refractivity contribution is 9.10. The summed E-state index contributed by atoms with van der Waals surface area (Å²) in [5.74, 6) is -0.104. The molecule has 0 heterocycles. The van der Waals surface area contributed by atoms with Gasteiger partial charge < -0.3 is 5.32 Å². The Morgan fingerprint density at radius 1 is 1.29 bits per heavy atom. The predicted molar refractivity (Wildman–Crippen MR) is 87.8 cm³/mol. The van der Waals surface area contributed by atoms with Crippen molar-refractivity contribution in [1.82, 2.24) is 5.32 Å². The number of thioether (sulfide) groups is 1. The van der Waals surface area contributed by atoms with Gasteiger partial charge in [-0.2, -0.15) is 0 Å². The van der Waals surface area contributed by atoms with Gasteiger partial charge in [-0.25, -0.2) is 4.39 Å². The van der Waals surface area contributed by atoms with Crippen LogP contribution in [0.5, 0.6) is 0 Å². The van der Waals surface area contributed by atoms with E-state index >= 15 is 0 Å². The van der Waals surface area contributed by atoms with E-state index in [-0.39, 0.29) is 18.3 Å². The molecule has 2 aromatic carbocycles. The first-order valence-corrected chi connectivity index (χ1v) is 8.23. The van der Waals surface area contributed by atoms with E-state index in [0.29, 0.717) is 11.3 Å². The van der Waals surface area contributed by atoms with E-state index in [1.54, 1.807) is 12.1 Å². The zero-order valence-electron chi connectivity index (χ0n) is 11.5. The largest absolute Gasteiger partial charge is 0.351 e. The molecule has 0 aromatic heterocycles. The Balaban J connectivity index is 1.85. The number of hydrogen-bond donors (Lipinski definition) is 1. The molecule has 0 bridgehead atoms. The molecule has 1 amide bonds. The minimum atomic E-state index is -0.315. The van der Waals surface area contributed by atoms with Gasteiger partial charge in [0.25, 0.3) is 0 Å². The van der Waals surface area contributed by atoms with Gasteiger partial charge >= 0.3 is 0 Å². The standard InChI is InChI=1S/C16H15BrFNOS/c1-11-4-2-3-5-15(11)21-10-16(20)19-9-12-8-13(17)6-7-14(12)18/h2-8H,9-10H2,1H3,(H,19,20). The summed E-state index contributed by atoms with van der Waals surface area (Å²) in [6.45, 7) is 2.20. The average Bonchev–Trinajstić information content (AvgIpc) is 2.47. The van der Waals surface area contributed by atoms with Crippen LogP contribution in [-0.4, -0.2) is 11.7 Å². The molecule has 21 heavy (non-hydrogen) atoms. The summed E-state index contributed by atoms with van der Waals surface area (Å²) >= 11 is 4.77. The van der Waals surface area contributed by atoms with Crippen molar-refractivity contribution in [2.45, 2.75) is 18.4 Å². The van der Waals surface area contributed by atoms with E-state index in [1.807, 2.05) is 31.2 Å². The highest BCUT2D eigenvalue weighted by Crippen LogP contribution is 2.21. The van der Waals surface area contributed by atoms with Crippen molar-refractivity contribution in [2.75, 3.05) is 5.75 Å². The van der Waals surface area contributed by atoms with Crippen LogP contribution in [0.25, 0.3) is 0 Å². The Kier molecular flexibility index (Phi) is 5.82. The lowest BCUT2D eigenvalue weighted by Crippen LogP contribution is -2.25. The first-order chi connectivity index (χ1) is 10.1. The lowest BCUT2D eigenvalue weighted by Gasteiger charge is -2.08. The van der Waals surface area contributed by atoms with Crippen LogP contribution in [0, 0.1) is 12.7 Å².